The van der Waals surface area contributed by atoms with Crippen LogP contribution in [0.25, 0.3) is 0 Å². The van der Waals surface area contributed by atoms with Crippen LogP contribution in [0.5, 0.6) is 0 Å². The fraction of sp³-hybridized carbons (Fsp3) is 0.800. The van der Waals surface area contributed by atoms with Crippen LogP contribution in [0, 0.1) is 0 Å². The molecule has 94 valence electrons. The molecule has 0 aliphatic rings. The van der Waals surface area contributed by atoms with Crippen LogP contribution in [0.15, 0.2) is 0 Å². The number of aliphatic carboxylic acids is 1. The summed E-state index contributed by atoms with van der Waals surface area (Å²) in [4.78, 5) is 21.9. The van der Waals surface area contributed by atoms with E-state index in [-0.39, 0.29) is 32.0 Å². The molecule has 0 bridgehead atoms. The molecule has 16 heavy (non-hydrogen) atoms. The standard InChI is InChI=1S/C10H19NO5/c1-2-6-16-7-4-9(13)11-8(3-5-12)10(14)15/h8,12H,2-7H2,1H3,(H,11,13)(H,14,15). The number of carboxylic acid groups (broad SMARTS) is 1. The summed E-state index contributed by atoms with van der Waals surface area (Å²) in [6.07, 6.45) is 1.02. The highest BCUT2D eigenvalue weighted by molar-refractivity contribution is 5.83. The number of carbonyl (C=O) groups excluding carboxylic acids is 1. The lowest BCUT2D eigenvalue weighted by atomic mass is 10.2. The Morgan fingerprint density at radius 2 is 2.06 bits per heavy atom. The van der Waals surface area contributed by atoms with E-state index in [0.717, 1.165) is 6.42 Å². The van der Waals surface area contributed by atoms with Gasteiger partial charge in [0.05, 0.1) is 6.61 Å². The molecule has 6 heteroatoms. The second-order valence-corrected chi connectivity index (χ2v) is 3.33. The van der Waals surface area contributed by atoms with Crippen LogP contribution in [-0.2, 0) is 14.3 Å². The van der Waals surface area contributed by atoms with E-state index >= 15 is 0 Å². The summed E-state index contributed by atoms with van der Waals surface area (Å²) in [6.45, 7) is 2.56. The lowest BCUT2D eigenvalue weighted by molar-refractivity contribution is -0.142. The molecule has 6 nitrogen and oxygen atoms in total. The van der Waals surface area contributed by atoms with Crippen LogP contribution in [0.1, 0.15) is 26.2 Å². The summed E-state index contributed by atoms with van der Waals surface area (Å²) in [5.74, 6) is -1.52. The molecule has 0 radical (unpaired) electrons. The minimum atomic E-state index is -1.14. The van der Waals surface area contributed by atoms with Gasteiger partial charge in [0.15, 0.2) is 0 Å². The van der Waals surface area contributed by atoms with Gasteiger partial charge in [0.2, 0.25) is 5.91 Å². The molecule has 0 rings (SSSR count). The van der Waals surface area contributed by atoms with Crippen LogP contribution in [-0.4, -0.2) is 48.0 Å². The van der Waals surface area contributed by atoms with Gasteiger partial charge in [0, 0.05) is 26.1 Å². The quantitative estimate of drug-likeness (QED) is 0.477. The van der Waals surface area contributed by atoms with Crippen LogP contribution < -0.4 is 5.32 Å². The SMILES string of the molecule is CCCOCCC(=O)NC(CCO)C(=O)O. The molecule has 0 aromatic heterocycles. The Labute approximate surface area is 94.6 Å². The summed E-state index contributed by atoms with van der Waals surface area (Å²) < 4.78 is 5.10. The summed E-state index contributed by atoms with van der Waals surface area (Å²) >= 11 is 0. The van der Waals surface area contributed by atoms with E-state index in [0.29, 0.717) is 6.61 Å². The van der Waals surface area contributed by atoms with Crippen molar-refractivity contribution in [1.29, 1.82) is 0 Å². The molecule has 0 fully saturated rings. The van der Waals surface area contributed by atoms with Crippen LogP contribution in [0.4, 0.5) is 0 Å². The maximum atomic E-state index is 11.3. The smallest absolute Gasteiger partial charge is 0.326 e. The van der Waals surface area contributed by atoms with Gasteiger partial charge in [-0.05, 0) is 6.42 Å². The number of rotatable bonds is 9. The third kappa shape index (κ3) is 7.19. The first-order chi connectivity index (χ1) is 7.61. The van der Waals surface area contributed by atoms with E-state index in [4.69, 9.17) is 14.9 Å². The van der Waals surface area contributed by atoms with Gasteiger partial charge in [-0.3, -0.25) is 4.79 Å². The highest BCUT2D eigenvalue weighted by atomic mass is 16.5. The molecule has 0 aromatic rings. The predicted molar refractivity (Wildman–Crippen MR) is 57.0 cm³/mol. The van der Waals surface area contributed by atoms with Crippen molar-refractivity contribution in [1.82, 2.24) is 5.32 Å². The molecule has 0 saturated heterocycles. The molecule has 0 heterocycles. The minimum Gasteiger partial charge on any atom is -0.480 e. The maximum Gasteiger partial charge on any atom is 0.326 e. The highest BCUT2D eigenvalue weighted by Crippen LogP contribution is 1.93. The van der Waals surface area contributed by atoms with Crippen molar-refractivity contribution in [2.24, 2.45) is 0 Å². The van der Waals surface area contributed by atoms with Gasteiger partial charge in [-0.2, -0.15) is 0 Å². The van der Waals surface area contributed by atoms with Gasteiger partial charge in [0.25, 0.3) is 0 Å². The van der Waals surface area contributed by atoms with Crippen molar-refractivity contribution in [3.63, 3.8) is 0 Å². The second-order valence-electron chi connectivity index (χ2n) is 3.33. The fourth-order valence-electron chi connectivity index (χ4n) is 1.06. The van der Waals surface area contributed by atoms with Crippen LogP contribution in [0.3, 0.4) is 0 Å². The first-order valence-corrected chi connectivity index (χ1v) is 5.32. The Morgan fingerprint density at radius 1 is 1.38 bits per heavy atom. The van der Waals surface area contributed by atoms with Crippen LogP contribution >= 0.6 is 0 Å². The number of nitrogens with one attached hydrogen (secondary N) is 1. The molecule has 1 atom stereocenters. The van der Waals surface area contributed by atoms with Gasteiger partial charge in [-0.15, -0.1) is 0 Å². The number of carboxylic acids is 1. The molecule has 1 amide bonds. The lowest BCUT2D eigenvalue weighted by Gasteiger charge is -2.12. The van der Waals surface area contributed by atoms with Gasteiger partial charge < -0.3 is 20.3 Å². The zero-order valence-electron chi connectivity index (χ0n) is 9.44. The lowest BCUT2D eigenvalue weighted by Crippen LogP contribution is -2.41. The van der Waals surface area contributed by atoms with Crippen molar-refractivity contribution >= 4 is 11.9 Å². The molecule has 0 aliphatic heterocycles. The normalized spacial score (nSPS) is 12.1. The largest absolute Gasteiger partial charge is 0.480 e. The van der Waals surface area contributed by atoms with E-state index in [1.165, 1.54) is 0 Å². The Balaban J connectivity index is 3.77. The Hall–Kier alpha value is -1.14. The first-order valence-electron chi connectivity index (χ1n) is 5.32. The Bertz CT molecular complexity index is 219. The number of aliphatic hydroxyl groups is 1. The van der Waals surface area contributed by atoms with Gasteiger partial charge in [-0.25, -0.2) is 4.79 Å². The highest BCUT2D eigenvalue weighted by Gasteiger charge is 2.18. The van der Waals surface area contributed by atoms with Crippen molar-refractivity contribution < 1.29 is 24.5 Å². The molecule has 3 N–H and O–H groups in total. The third-order valence-electron chi connectivity index (χ3n) is 1.87. The van der Waals surface area contributed by atoms with Crippen molar-refractivity contribution in [3.8, 4) is 0 Å². The molecule has 0 aromatic carbocycles. The Kier molecular flexibility index (Phi) is 8.46. The number of aliphatic hydroxyl groups excluding tert-OH is 1. The van der Waals surface area contributed by atoms with Gasteiger partial charge in [0.1, 0.15) is 6.04 Å². The van der Waals surface area contributed by atoms with Gasteiger partial charge in [-0.1, -0.05) is 6.92 Å². The number of amides is 1. The fourth-order valence-corrected chi connectivity index (χ4v) is 1.06. The van der Waals surface area contributed by atoms with Crippen molar-refractivity contribution in [2.75, 3.05) is 19.8 Å². The predicted octanol–water partition coefficient (Wildman–Crippen LogP) is -0.245. The zero-order valence-corrected chi connectivity index (χ0v) is 9.44. The van der Waals surface area contributed by atoms with E-state index in [1.807, 2.05) is 6.92 Å². The zero-order chi connectivity index (χ0) is 12.4. The summed E-state index contributed by atoms with van der Waals surface area (Å²) in [5, 5.41) is 19.6. The van der Waals surface area contributed by atoms with Crippen molar-refractivity contribution in [2.45, 2.75) is 32.2 Å². The first kappa shape index (κ1) is 14.9. The maximum absolute atomic E-state index is 11.3. The molecular formula is C10H19NO5. The van der Waals surface area contributed by atoms with Gasteiger partial charge >= 0.3 is 5.97 Å². The van der Waals surface area contributed by atoms with E-state index in [9.17, 15) is 9.59 Å². The molecule has 1 unspecified atom stereocenters. The average Bonchev–Trinajstić information content (AvgIpc) is 2.23. The topological polar surface area (TPSA) is 95.9 Å². The average molecular weight is 233 g/mol. The summed E-state index contributed by atoms with van der Waals surface area (Å²) in [6, 6.07) is -1.02. The summed E-state index contributed by atoms with van der Waals surface area (Å²) in [7, 11) is 0. The van der Waals surface area contributed by atoms with E-state index in [2.05, 4.69) is 5.32 Å². The summed E-state index contributed by atoms with van der Waals surface area (Å²) in [5.41, 5.74) is 0. The molecule has 0 aliphatic carbocycles. The number of hydrogen-bond donors (Lipinski definition) is 3. The number of ether oxygens (including phenoxy) is 1. The number of carbonyl (C=O) groups is 2. The Morgan fingerprint density at radius 3 is 2.56 bits per heavy atom. The number of hydrogen-bond acceptors (Lipinski definition) is 4. The van der Waals surface area contributed by atoms with E-state index < -0.39 is 12.0 Å². The van der Waals surface area contributed by atoms with Crippen LogP contribution in [0.2, 0.25) is 0 Å². The van der Waals surface area contributed by atoms with E-state index in [1.54, 1.807) is 0 Å². The second kappa shape index (κ2) is 9.11. The monoisotopic (exact) mass is 233 g/mol. The minimum absolute atomic E-state index is 0.0108. The third-order valence-corrected chi connectivity index (χ3v) is 1.87. The van der Waals surface area contributed by atoms with Crippen molar-refractivity contribution in [3.05, 3.63) is 0 Å². The molecule has 0 saturated carbocycles. The molecule has 0 spiro atoms. The molecular weight excluding hydrogens is 214 g/mol.